The summed E-state index contributed by atoms with van der Waals surface area (Å²) in [6, 6.07) is 16.6. The fraction of sp³-hybridized carbons (Fsp3) is 0.321. The molecule has 0 atom stereocenters. The molecule has 0 unspecified atom stereocenters. The summed E-state index contributed by atoms with van der Waals surface area (Å²) in [4.78, 5) is 22.1. The van der Waals surface area contributed by atoms with Gasteiger partial charge in [-0.05, 0) is 35.4 Å². The second kappa shape index (κ2) is 10.1. The van der Waals surface area contributed by atoms with E-state index in [1.54, 1.807) is 19.3 Å². The van der Waals surface area contributed by atoms with Gasteiger partial charge in [-0.3, -0.25) is 4.57 Å². The van der Waals surface area contributed by atoms with Gasteiger partial charge in [0.1, 0.15) is 0 Å². The summed E-state index contributed by atoms with van der Waals surface area (Å²) < 4.78 is 9.38. The van der Waals surface area contributed by atoms with E-state index in [0.717, 1.165) is 11.3 Å². The number of esters is 1. The topological polar surface area (TPSA) is 61.9 Å². The Kier molecular flexibility index (Phi) is 6.96. The van der Waals surface area contributed by atoms with Gasteiger partial charge in [-0.1, -0.05) is 76.2 Å². The number of benzene rings is 2. The summed E-state index contributed by atoms with van der Waals surface area (Å²) in [5.74, 6) is 1.47. The minimum absolute atomic E-state index is 0.277. The predicted molar refractivity (Wildman–Crippen MR) is 134 cm³/mol. The largest absolute Gasteiger partial charge is 0.461 e. The van der Waals surface area contributed by atoms with Crippen LogP contribution in [0.1, 0.15) is 73.6 Å². The molecule has 0 saturated carbocycles. The van der Waals surface area contributed by atoms with Crippen LogP contribution in [0.15, 0.2) is 67.1 Å². The highest BCUT2D eigenvalue weighted by molar-refractivity contribution is 5.88. The van der Waals surface area contributed by atoms with Crippen LogP contribution in [-0.2, 0) is 11.3 Å². The van der Waals surface area contributed by atoms with Crippen molar-refractivity contribution in [2.75, 3.05) is 6.61 Å². The Morgan fingerprint density at radius 2 is 1.62 bits per heavy atom. The third kappa shape index (κ3) is 4.67. The number of nitrogens with zero attached hydrogens (tertiary/aromatic N) is 4. The summed E-state index contributed by atoms with van der Waals surface area (Å²) >= 11 is 0. The van der Waals surface area contributed by atoms with E-state index in [1.165, 1.54) is 11.1 Å². The van der Waals surface area contributed by atoms with Gasteiger partial charge in [0.25, 0.3) is 0 Å². The molecule has 0 aliphatic rings. The number of hydrogen-bond donors (Lipinski definition) is 0. The zero-order valence-corrected chi connectivity index (χ0v) is 20.5. The molecule has 0 N–H and O–H groups in total. The Bertz CT molecular complexity index is 1240. The zero-order valence-electron chi connectivity index (χ0n) is 20.5. The quantitative estimate of drug-likeness (QED) is 0.296. The maximum atomic E-state index is 12.7. The van der Waals surface area contributed by atoms with E-state index >= 15 is 0 Å². The number of hydrogen-bond acceptors (Lipinski definition) is 4. The van der Waals surface area contributed by atoms with Crippen molar-refractivity contribution in [1.29, 1.82) is 0 Å². The molecular weight excluding hydrogens is 424 g/mol. The van der Waals surface area contributed by atoms with Crippen LogP contribution in [0, 0.1) is 0 Å². The molecule has 0 amide bonds. The lowest BCUT2D eigenvalue weighted by Crippen LogP contribution is -2.10. The van der Waals surface area contributed by atoms with Crippen LogP contribution in [0.2, 0.25) is 0 Å². The zero-order chi connectivity index (χ0) is 24.2. The highest BCUT2D eigenvalue weighted by atomic mass is 16.5. The second-order valence-electron chi connectivity index (χ2n) is 9.00. The van der Waals surface area contributed by atoms with E-state index in [1.807, 2.05) is 29.0 Å². The van der Waals surface area contributed by atoms with Gasteiger partial charge in [0, 0.05) is 25.1 Å². The minimum atomic E-state index is -0.434. The highest BCUT2D eigenvalue weighted by Gasteiger charge is 2.25. The number of carbonyl (C=O) groups excluding carboxylic acids is 1. The van der Waals surface area contributed by atoms with Gasteiger partial charge in [-0.25, -0.2) is 14.8 Å². The van der Waals surface area contributed by atoms with Crippen LogP contribution in [0.25, 0.3) is 17.3 Å². The van der Waals surface area contributed by atoms with Crippen LogP contribution in [0.5, 0.6) is 0 Å². The minimum Gasteiger partial charge on any atom is -0.461 e. The van der Waals surface area contributed by atoms with Crippen LogP contribution in [0.3, 0.4) is 0 Å². The highest BCUT2D eigenvalue weighted by Crippen LogP contribution is 2.34. The van der Waals surface area contributed by atoms with E-state index in [0.29, 0.717) is 36.6 Å². The Balaban J connectivity index is 1.94. The molecule has 4 aromatic rings. The first-order valence-electron chi connectivity index (χ1n) is 11.9. The lowest BCUT2D eigenvalue weighted by atomic mass is 9.92. The van der Waals surface area contributed by atoms with Crippen molar-refractivity contribution < 1.29 is 9.53 Å². The van der Waals surface area contributed by atoms with E-state index in [-0.39, 0.29) is 5.69 Å². The van der Waals surface area contributed by atoms with E-state index in [4.69, 9.17) is 9.72 Å². The van der Waals surface area contributed by atoms with Gasteiger partial charge in [-0.15, -0.1) is 0 Å². The normalized spacial score (nSPS) is 11.4. The first-order chi connectivity index (χ1) is 16.4. The SMILES string of the molecule is CCOC(=O)c1cn(-c2c(C(C)C)cccc2C(C)C)c(-c2nccn2Cc2ccccc2)n1. The van der Waals surface area contributed by atoms with Crippen LogP contribution in [-0.4, -0.2) is 31.7 Å². The lowest BCUT2D eigenvalue weighted by Gasteiger charge is -2.21. The molecule has 6 heteroatoms. The average Bonchev–Trinajstić information content (AvgIpc) is 3.46. The van der Waals surface area contributed by atoms with E-state index in [9.17, 15) is 4.79 Å². The third-order valence-corrected chi connectivity index (χ3v) is 5.89. The molecule has 176 valence electrons. The molecular formula is C28H32N4O2. The van der Waals surface area contributed by atoms with Crippen LogP contribution >= 0.6 is 0 Å². The Morgan fingerprint density at radius 3 is 2.24 bits per heavy atom. The smallest absolute Gasteiger partial charge is 0.358 e. The molecule has 0 spiro atoms. The third-order valence-electron chi connectivity index (χ3n) is 5.89. The monoisotopic (exact) mass is 456 g/mol. The summed E-state index contributed by atoms with van der Waals surface area (Å²) in [5.41, 5.74) is 4.89. The molecule has 0 aliphatic carbocycles. The predicted octanol–water partition coefficient (Wildman–Crippen LogP) is 6.21. The molecule has 0 bridgehead atoms. The molecule has 4 rings (SSSR count). The van der Waals surface area contributed by atoms with Gasteiger partial charge < -0.3 is 9.30 Å². The van der Waals surface area contributed by atoms with Crippen LogP contribution in [0.4, 0.5) is 0 Å². The molecule has 2 aromatic carbocycles. The number of aromatic nitrogens is 4. The fourth-order valence-electron chi connectivity index (χ4n) is 4.22. The number of para-hydroxylation sites is 1. The summed E-state index contributed by atoms with van der Waals surface area (Å²) in [6.07, 6.45) is 5.52. The maximum Gasteiger partial charge on any atom is 0.358 e. The Hall–Kier alpha value is -3.67. The van der Waals surface area contributed by atoms with Crippen LogP contribution < -0.4 is 0 Å². The summed E-state index contributed by atoms with van der Waals surface area (Å²) in [7, 11) is 0. The first kappa shape index (κ1) is 23.5. The van der Waals surface area contributed by atoms with Gasteiger partial charge in [0.2, 0.25) is 0 Å². The standard InChI is InChI=1S/C28H32N4O2/c1-6-34-28(33)24-18-32(25-22(19(2)3)13-10-14-23(25)20(4)5)27(30-24)26-29-15-16-31(26)17-21-11-8-7-9-12-21/h7-16,18-20H,6,17H2,1-5H3. The van der Waals surface area contributed by atoms with Crippen molar-refractivity contribution in [2.24, 2.45) is 0 Å². The molecule has 34 heavy (non-hydrogen) atoms. The molecule has 2 heterocycles. The molecule has 0 fully saturated rings. The molecule has 0 aliphatic heterocycles. The lowest BCUT2D eigenvalue weighted by molar-refractivity contribution is 0.0520. The fourth-order valence-corrected chi connectivity index (χ4v) is 4.22. The molecule has 0 saturated heterocycles. The van der Waals surface area contributed by atoms with Crippen molar-refractivity contribution >= 4 is 5.97 Å². The first-order valence-corrected chi connectivity index (χ1v) is 11.9. The van der Waals surface area contributed by atoms with Gasteiger partial charge in [-0.2, -0.15) is 0 Å². The molecule has 0 radical (unpaired) electrons. The van der Waals surface area contributed by atoms with Crippen molar-refractivity contribution in [3.05, 3.63) is 89.5 Å². The van der Waals surface area contributed by atoms with E-state index < -0.39 is 5.97 Å². The Labute approximate surface area is 201 Å². The van der Waals surface area contributed by atoms with Crippen molar-refractivity contribution in [1.82, 2.24) is 19.1 Å². The molecule has 2 aromatic heterocycles. The summed E-state index contributed by atoms with van der Waals surface area (Å²) in [5, 5.41) is 0. The molecule has 6 nitrogen and oxygen atoms in total. The number of ether oxygens (including phenoxy) is 1. The van der Waals surface area contributed by atoms with Gasteiger partial charge in [0.15, 0.2) is 17.3 Å². The summed E-state index contributed by atoms with van der Waals surface area (Å²) in [6.45, 7) is 11.5. The Morgan fingerprint density at radius 1 is 0.941 bits per heavy atom. The van der Waals surface area contributed by atoms with Gasteiger partial charge in [0.05, 0.1) is 12.3 Å². The second-order valence-corrected chi connectivity index (χ2v) is 9.00. The van der Waals surface area contributed by atoms with Crippen molar-refractivity contribution in [2.45, 2.75) is 53.0 Å². The van der Waals surface area contributed by atoms with Crippen molar-refractivity contribution in [3.63, 3.8) is 0 Å². The van der Waals surface area contributed by atoms with Gasteiger partial charge >= 0.3 is 5.97 Å². The average molecular weight is 457 g/mol. The maximum absolute atomic E-state index is 12.7. The number of rotatable bonds is 8. The number of carbonyl (C=O) groups is 1. The number of imidazole rings is 2. The van der Waals surface area contributed by atoms with Crippen molar-refractivity contribution in [3.8, 4) is 17.3 Å². The van der Waals surface area contributed by atoms with E-state index in [2.05, 4.69) is 67.6 Å².